The zero-order valence-electron chi connectivity index (χ0n) is 14.9. The molecule has 5 rings (SSSR count). The van der Waals surface area contributed by atoms with Gasteiger partial charge in [0.05, 0.1) is 6.67 Å². The molecule has 2 saturated heterocycles. The SMILES string of the molecule is O=C1CCCN2C(=N1)SC(=S)N2CN1C[C@H]2C[C@@H](C1)c1cccc(=O)n1C2. The maximum atomic E-state index is 12.2. The van der Waals surface area contributed by atoms with Crippen LogP contribution in [0.4, 0.5) is 0 Å². The highest BCUT2D eigenvalue weighted by atomic mass is 32.2. The first kappa shape index (κ1) is 17.4. The molecule has 0 unspecified atom stereocenters. The number of carbonyl (C=O) groups is 1. The molecule has 2 bridgehead atoms. The van der Waals surface area contributed by atoms with Crippen LogP contribution in [0.2, 0.25) is 0 Å². The summed E-state index contributed by atoms with van der Waals surface area (Å²) < 4.78 is 2.72. The zero-order valence-corrected chi connectivity index (χ0v) is 16.5. The molecular weight excluding hydrogens is 382 g/mol. The summed E-state index contributed by atoms with van der Waals surface area (Å²) in [5.41, 5.74) is 1.27. The Morgan fingerprint density at radius 2 is 2.11 bits per heavy atom. The number of hydrazine groups is 1. The molecule has 0 radical (unpaired) electrons. The number of thioether (sulfide) groups is 1. The number of thiocarbonyl (C=S) groups is 1. The van der Waals surface area contributed by atoms with Gasteiger partial charge in [-0.3, -0.25) is 24.5 Å². The molecule has 9 heteroatoms. The van der Waals surface area contributed by atoms with Gasteiger partial charge in [-0.2, -0.15) is 4.99 Å². The van der Waals surface area contributed by atoms with Crippen molar-refractivity contribution < 1.29 is 4.79 Å². The summed E-state index contributed by atoms with van der Waals surface area (Å²) in [4.78, 5) is 30.6. The Kier molecular flexibility index (Phi) is 4.33. The van der Waals surface area contributed by atoms with E-state index in [4.69, 9.17) is 12.2 Å². The quantitative estimate of drug-likeness (QED) is 0.693. The van der Waals surface area contributed by atoms with Gasteiger partial charge in [0.1, 0.15) is 0 Å². The smallest absolute Gasteiger partial charge is 0.250 e. The minimum absolute atomic E-state index is 0.0563. The van der Waals surface area contributed by atoms with E-state index >= 15 is 0 Å². The van der Waals surface area contributed by atoms with E-state index in [1.165, 1.54) is 11.8 Å². The minimum atomic E-state index is -0.0563. The lowest BCUT2D eigenvalue weighted by Crippen LogP contribution is -2.53. The highest BCUT2D eigenvalue weighted by Crippen LogP contribution is 2.36. The largest absolute Gasteiger partial charge is 0.312 e. The third kappa shape index (κ3) is 3.11. The molecule has 4 aliphatic heterocycles. The third-order valence-corrected chi connectivity index (χ3v) is 7.10. The molecule has 7 nitrogen and oxygen atoms in total. The van der Waals surface area contributed by atoms with Crippen molar-refractivity contribution in [3.63, 3.8) is 0 Å². The molecular formula is C18H21N5O2S2. The molecule has 4 aliphatic rings. The molecule has 1 aromatic heterocycles. The number of aliphatic imine (C=N–C) groups is 1. The summed E-state index contributed by atoms with van der Waals surface area (Å²) >= 11 is 6.99. The van der Waals surface area contributed by atoms with E-state index in [9.17, 15) is 9.59 Å². The Morgan fingerprint density at radius 3 is 3.00 bits per heavy atom. The highest BCUT2D eigenvalue weighted by molar-refractivity contribution is 8.33. The number of pyridine rings is 1. The first-order chi connectivity index (χ1) is 13.1. The minimum Gasteiger partial charge on any atom is -0.312 e. The number of piperidine rings is 1. The monoisotopic (exact) mass is 403 g/mol. The molecule has 0 aliphatic carbocycles. The predicted molar refractivity (Wildman–Crippen MR) is 108 cm³/mol. The Labute approximate surface area is 167 Å². The van der Waals surface area contributed by atoms with Crippen molar-refractivity contribution in [2.75, 3.05) is 26.3 Å². The number of hydrogen-bond donors (Lipinski definition) is 0. The van der Waals surface area contributed by atoms with Crippen LogP contribution in [0.1, 0.15) is 30.9 Å². The number of carbonyl (C=O) groups excluding carboxylic acids is 1. The van der Waals surface area contributed by atoms with Gasteiger partial charge in [0, 0.05) is 50.3 Å². The third-order valence-electron chi connectivity index (χ3n) is 5.77. The van der Waals surface area contributed by atoms with E-state index in [0.717, 1.165) is 54.2 Å². The molecule has 5 heterocycles. The molecule has 0 aromatic carbocycles. The number of aromatic nitrogens is 1. The number of likely N-dealkylation sites (tertiary alicyclic amines) is 1. The number of fused-ring (bicyclic) bond motifs is 5. The maximum absolute atomic E-state index is 12.2. The number of amides is 1. The first-order valence-corrected chi connectivity index (χ1v) is 10.6. The van der Waals surface area contributed by atoms with Crippen LogP contribution < -0.4 is 5.56 Å². The Morgan fingerprint density at radius 1 is 1.22 bits per heavy atom. The Hall–Kier alpha value is -1.71. The first-order valence-electron chi connectivity index (χ1n) is 9.39. The fourth-order valence-corrected chi connectivity index (χ4v) is 5.90. The number of amidine groups is 1. The molecule has 142 valence electrons. The Bertz CT molecular complexity index is 898. The lowest BCUT2D eigenvalue weighted by Gasteiger charge is -2.44. The Balaban J connectivity index is 1.35. The standard InChI is InChI=1S/C18H21N5O2S2/c24-15-4-2-6-22-17(19-15)27-18(26)23(22)11-20-8-12-7-13(10-20)14-3-1-5-16(25)21(14)9-12/h1,3,5,12-13H,2,4,6-11H2/t12-,13+/m1/s1. The van der Waals surface area contributed by atoms with E-state index in [2.05, 4.69) is 26.0 Å². The molecule has 0 spiro atoms. The van der Waals surface area contributed by atoms with Crippen LogP contribution in [0.3, 0.4) is 0 Å². The molecule has 0 saturated carbocycles. The molecule has 2 atom stereocenters. The van der Waals surface area contributed by atoms with Crippen molar-refractivity contribution in [2.24, 2.45) is 10.9 Å². The van der Waals surface area contributed by atoms with E-state index in [1.54, 1.807) is 6.07 Å². The van der Waals surface area contributed by atoms with Crippen LogP contribution in [0.5, 0.6) is 0 Å². The summed E-state index contributed by atoms with van der Waals surface area (Å²) in [5, 5.41) is 4.88. The summed E-state index contributed by atoms with van der Waals surface area (Å²) in [6.07, 6.45) is 2.44. The van der Waals surface area contributed by atoms with Gasteiger partial charge in [0.15, 0.2) is 9.49 Å². The fraction of sp³-hybridized carbons (Fsp3) is 0.556. The fourth-order valence-electron chi connectivity index (χ4n) is 4.66. The zero-order chi connectivity index (χ0) is 18.5. The van der Waals surface area contributed by atoms with E-state index in [1.807, 2.05) is 10.6 Å². The van der Waals surface area contributed by atoms with Gasteiger partial charge in [-0.05, 0) is 36.6 Å². The lowest BCUT2D eigenvalue weighted by atomic mass is 9.83. The van der Waals surface area contributed by atoms with Crippen molar-refractivity contribution in [2.45, 2.75) is 31.7 Å². The van der Waals surface area contributed by atoms with Gasteiger partial charge in [0.25, 0.3) is 5.56 Å². The number of hydrogen-bond acceptors (Lipinski definition) is 6. The summed E-state index contributed by atoms with van der Waals surface area (Å²) in [6, 6.07) is 5.62. The van der Waals surface area contributed by atoms with Gasteiger partial charge in [-0.1, -0.05) is 18.3 Å². The van der Waals surface area contributed by atoms with Crippen LogP contribution >= 0.6 is 24.0 Å². The van der Waals surface area contributed by atoms with Crippen LogP contribution in [0.25, 0.3) is 0 Å². The van der Waals surface area contributed by atoms with Gasteiger partial charge in [-0.25, -0.2) is 0 Å². The number of rotatable bonds is 2. The van der Waals surface area contributed by atoms with Crippen LogP contribution in [0.15, 0.2) is 28.0 Å². The summed E-state index contributed by atoms with van der Waals surface area (Å²) in [6.45, 7) is 4.16. The van der Waals surface area contributed by atoms with E-state index in [0.29, 0.717) is 24.9 Å². The van der Waals surface area contributed by atoms with Crippen molar-refractivity contribution in [1.29, 1.82) is 0 Å². The average Bonchev–Trinajstić information content (AvgIpc) is 2.80. The van der Waals surface area contributed by atoms with Crippen molar-refractivity contribution in [1.82, 2.24) is 19.5 Å². The molecule has 1 amide bonds. The van der Waals surface area contributed by atoms with Crippen molar-refractivity contribution >= 4 is 39.4 Å². The van der Waals surface area contributed by atoms with Crippen molar-refractivity contribution in [3.8, 4) is 0 Å². The van der Waals surface area contributed by atoms with Gasteiger partial charge in [0.2, 0.25) is 5.91 Å². The molecule has 0 N–H and O–H groups in total. The molecule has 2 fully saturated rings. The average molecular weight is 404 g/mol. The molecule has 27 heavy (non-hydrogen) atoms. The second-order valence-electron chi connectivity index (χ2n) is 7.66. The van der Waals surface area contributed by atoms with Crippen LogP contribution in [-0.4, -0.2) is 61.2 Å². The van der Waals surface area contributed by atoms with Gasteiger partial charge >= 0.3 is 0 Å². The van der Waals surface area contributed by atoms with Crippen LogP contribution in [-0.2, 0) is 11.3 Å². The topological polar surface area (TPSA) is 61.2 Å². The normalized spacial score (nSPS) is 27.9. The van der Waals surface area contributed by atoms with E-state index < -0.39 is 0 Å². The summed E-state index contributed by atoms with van der Waals surface area (Å²) in [7, 11) is 0. The predicted octanol–water partition coefficient (Wildman–Crippen LogP) is 1.45. The number of nitrogens with zero attached hydrogens (tertiary/aromatic N) is 5. The van der Waals surface area contributed by atoms with Gasteiger partial charge in [-0.15, -0.1) is 0 Å². The highest BCUT2D eigenvalue weighted by Gasteiger charge is 2.39. The molecule has 1 aromatic rings. The lowest BCUT2D eigenvalue weighted by molar-refractivity contribution is -0.117. The summed E-state index contributed by atoms with van der Waals surface area (Å²) in [5.74, 6) is 0.812. The van der Waals surface area contributed by atoms with Crippen molar-refractivity contribution in [3.05, 3.63) is 34.2 Å². The second kappa shape index (κ2) is 6.72. The second-order valence-corrected chi connectivity index (χ2v) is 9.26. The maximum Gasteiger partial charge on any atom is 0.250 e. The van der Waals surface area contributed by atoms with Gasteiger partial charge < -0.3 is 4.57 Å². The van der Waals surface area contributed by atoms with E-state index in [-0.39, 0.29) is 11.5 Å². The van der Waals surface area contributed by atoms with Crippen LogP contribution in [0, 0.1) is 5.92 Å².